The summed E-state index contributed by atoms with van der Waals surface area (Å²) in [6, 6.07) is 11.5. The highest BCUT2D eigenvalue weighted by Crippen LogP contribution is 2.23. The molecule has 1 aromatic heterocycles. The normalized spacial score (nSPS) is 19.1. The second-order valence-corrected chi connectivity index (χ2v) is 10.5. The van der Waals surface area contributed by atoms with E-state index < -0.39 is 18.0 Å². The van der Waals surface area contributed by atoms with Crippen LogP contribution in [0.1, 0.15) is 41.4 Å². The van der Waals surface area contributed by atoms with Gasteiger partial charge in [0.25, 0.3) is 0 Å². The summed E-state index contributed by atoms with van der Waals surface area (Å²) in [5, 5.41) is 27.7. The van der Waals surface area contributed by atoms with Crippen molar-refractivity contribution in [1.82, 2.24) is 15.6 Å². The van der Waals surface area contributed by atoms with Gasteiger partial charge in [-0.15, -0.1) is 0 Å². The van der Waals surface area contributed by atoms with Crippen molar-refractivity contribution in [3.8, 4) is 11.5 Å². The van der Waals surface area contributed by atoms with E-state index in [0.29, 0.717) is 17.6 Å². The van der Waals surface area contributed by atoms with Crippen LogP contribution >= 0.6 is 0 Å². The van der Waals surface area contributed by atoms with E-state index >= 15 is 0 Å². The Bertz CT molecular complexity index is 1360. The van der Waals surface area contributed by atoms with Gasteiger partial charge in [-0.2, -0.15) is 4.98 Å². The second kappa shape index (κ2) is 13.2. The predicted molar refractivity (Wildman–Crippen MR) is 149 cm³/mol. The first-order chi connectivity index (χ1) is 19.6. The monoisotopic (exact) mass is 566 g/mol. The third kappa shape index (κ3) is 8.45. The molecule has 3 amide bonds. The molecule has 0 saturated carbocycles. The van der Waals surface area contributed by atoms with Crippen molar-refractivity contribution in [3.05, 3.63) is 71.6 Å². The van der Waals surface area contributed by atoms with Crippen LogP contribution in [-0.2, 0) is 22.5 Å². The van der Waals surface area contributed by atoms with Crippen LogP contribution in [0, 0.1) is 0 Å². The van der Waals surface area contributed by atoms with Gasteiger partial charge in [0, 0.05) is 12.0 Å². The van der Waals surface area contributed by atoms with Gasteiger partial charge in [-0.3, -0.25) is 10.1 Å². The first-order valence-electron chi connectivity index (χ1n) is 13.5. The molecule has 2 heterocycles. The Labute approximate surface area is 237 Å². The Kier molecular flexibility index (Phi) is 9.45. The number of anilines is 1. The fourth-order valence-corrected chi connectivity index (χ4v) is 5.09. The van der Waals surface area contributed by atoms with Crippen LogP contribution in [0.5, 0.6) is 11.5 Å². The van der Waals surface area contributed by atoms with E-state index in [1.807, 2.05) is 12.1 Å². The molecule has 0 spiro atoms. The molecule has 3 aromatic rings. The van der Waals surface area contributed by atoms with Gasteiger partial charge in [0.05, 0.1) is 32.8 Å². The van der Waals surface area contributed by atoms with E-state index in [1.54, 1.807) is 31.2 Å². The van der Waals surface area contributed by atoms with Gasteiger partial charge in [-0.05, 0) is 49.6 Å². The Morgan fingerprint density at radius 3 is 2.63 bits per heavy atom. The third-order valence-corrected chi connectivity index (χ3v) is 6.94. The zero-order chi connectivity index (χ0) is 29.4. The van der Waals surface area contributed by atoms with Crippen molar-refractivity contribution in [1.29, 1.82) is 0 Å². The average Bonchev–Trinajstić information content (AvgIpc) is 3.38. The quantitative estimate of drug-likeness (QED) is 0.185. The van der Waals surface area contributed by atoms with Crippen LogP contribution in [0.2, 0.25) is 0 Å². The molecule has 218 valence electrons. The number of oxazole rings is 1. The number of likely N-dealkylation sites (N-methyl/N-ethyl adjacent to an activating group) is 1. The van der Waals surface area contributed by atoms with Gasteiger partial charge in [0.15, 0.2) is 5.69 Å². The van der Waals surface area contributed by atoms with Gasteiger partial charge in [-0.1, -0.05) is 24.3 Å². The molecular weight excluding hydrogens is 530 g/mol. The third-order valence-electron chi connectivity index (χ3n) is 6.94. The van der Waals surface area contributed by atoms with Crippen LogP contribution in [0.3, 0.4) is 0 Å². The first kappa shape index (κ1) is 29.4. The Morgan fingerprint density at radius 1 is 1.12 bits per heavy atom. The number of aromatic hydroxyl groups is 2. The summed E-state index contributed by atoms with van der Waals surface area (Å²) in [7, 11) is 2.13. The number of rotatable bonds is 10. The number of benzene rings is 2. The summed E-state index contributed by atoms with van der Waals surface area (Å²) in [6.45, 7) is 4.15. The SMILES string of the molecule is CCOC(=O)c1coc(NC(=O)N[C@@H](Cc2ccc(O)cc2)C(=O)N[C@H]2CCC[N+](C)(Cc3cccc(O)c3)C2)n1. The van der Waals surface area contributed by atoms with Crippen molar-refractivity contribution in [3.63, 3.8) is 0 Å². The second-order valence-electron chi connectivity index (χ2n) is 10.5. The minimum Gasteiger partial charge on any atom is -0.508 e. The smallest absolute Gasteiger partial charge is 0.360 e. The Hall–Kier alpha value is -4.58. The molecule has 5 N–H and O–H groups in total. The number of phenolic OH excluding ortho intramolecular Hbond substituents is 2. The zero-order valence-electron chi connectivity index (χ0n) is 23.1. The van der Waals surface area contributed by atoms with Crippen LogP contribution in [0.4, 0.5) is 10.8 Å². The number of likely N-dealkylation sites (tertiary alicyclic amines) is 1. The number of nitrogens with zero attached hydrogens (tertiary/aromatic N) is 2. The van der Waals surface area contributed by atoms with Crippen molar-refractivity contribution < 1.29 is 38.2 Å². The number of nitrogens with one attached hydrogen (secondary N) is 3. The number of aromatic nitrogens is 1. The molecule has 12 nitrogen and oxygen atoms in total. The van der Waals surface area contributed by atoms with Crippen molar-refractivity contribution >= 4 is 23.9 Å². The fraction of sp³-hybridized carbons (Fsp3) is 0.379. The molecule has 3 atom stereocenters. The highest BCUT2D eigenvalue weighted by molar-refractivity contribution is 5.93. The van der Waals surface area contributed by atoms with Crippen LogP contribution in [-0.4, -0.2) is 76.4 Å². The fourth-order valence-electron chi connectivity index (χ4n) is 5.09. The number of piperidine rings is 1. The van der Waals surface area contributed by atoms with Gasteiger partial charge in [0.1, 0.15) is 30.3 Å². The molecule has 1 aliphatic heterocycles. The molecule has 41 heavy (non-hydrogen) atoms. The predicted octanol–water partition coefficient (Wildman–Crippen LogP) is 2.92. The van der Waals surface area contributed by atoms with Gasteiger partial charge in [-0.25, -0.2) is 9.59 Å². The standard InChI is InChI=1S/C29H35N5O7/c1-3-40-27(38)25-18-41-29(32-25)33-28(39)31-24(15-19-9-11-22(35)12-10-19)26(37)30-21-7-5-13-34(2,17-21)16-20-6-4-8-23(36)14-20/h4,6,8-12,14,18,21,24H,3,5,7,13,15-17H2,1-2H3,(H4-,30,31,32,33,35,36,37,39)/p+1/t21-,24-,34?/m0/s1. The topological polar surface area (TPSA) is 163 Å². The van der Waals surface area contributed by atoms with Crippen molar-refractivity contribution in [2.45, 2.75) is 44.8 Å². The molecule has 0 radical (unpaired) electrons. The summed E-state index contributed by atoms with van der Waals surface area (Å²) in [6.07, 6.45) is 2.94. The number of quaternary nitrogens is 1. The molecule has 0 bridgehead atoms. The van der Waals surface area contributed by atoms with E-state index in [-0.39, 0.29) is 48.2 Å². The molecule has 1 saturated heterocycles. The number of carbonyl (C=O) groups excluding carboxylic acids is 3. The summed E-state index contributed by atoms with van der Waals surface area (Å²) >= 11 is 0. The number of esters is 1. The minimum atomic E-state index is -0.953. The molecule has 1 unspecified atom stereocenters. The molecule has 1 fully saturated rings. The Morgan fingerprint density at radius 2 is 1.90 bits per heavy atom. The lowest BCUT2D eigenvalue weighted by atomic mass is 10.00. The molecule has 12 heteroatoms. The summed E-state index contributed by atoms with van der Waals surface area (Å²) < 4.78 is 10.7. The summed E-state index contributed by atoms with van der Waals surface area (Å²) in [5.74, 6) is -0.730. The Balaban J connectivity index is 1.42. The maximum absolute atomic E-state index is 13.5. The van der Waals surface area contributed by atoms with E-state index in [0.717, 1.165) is 36.8 Å². The van der Waals surface area contributed by atoms with Crippen LogP contribution in [0.15, 0.2) is 59.2 Å². The largest absolute Gasteiger partial charge is 0.508 e. The molecule has 1 aliphatic rings. The van der Waals surface area contributed by atoms with Crippen LogP contribution in [0.25, 0.3) is 0 Å². The van der Waals surface area contributed by atoms with E-state index in [2.05, 4.69) is 28.0 Å². The number of amides is 3. The lowest BCUT2D eigenvalue weighted by Gasteiger charge is -2.42. The van der Waals surface area contributed by atoms with Crippen molar-refractivity contribution in [2.24, 2.45) is 0 Å². The van der Waals surface area contributed by atoms with Crippen LogP contribution < -0.4 is 16.0 Å². The average molecular weight is 567 g/mol. The lowest BCUT2D eigenvalue weighted by molar-refractivity contribution is -0.927. The lowest BCUT2D eigenvalue weighted by Crippen LogP contribution is -2.59. The number of phenols is 2. The van der Waals surface area contributed by atoms with E-state index in [1.165, 1.54) is 12.1 Å². The number of carbonyl (C=O) groups is 3. The maximum atomic E-state index is 13.5. The highest BCUT2D eigenvalue weighted by Gasteiger charge is 2.34. The van der Waals surface area contributed by atoms with E-state index in [9.17, 15) is 24.6 Å². The van der Waals surface area contributed by atoms with Gasteiger partial charge < -0.3 is 34.5 Å². The summed E-state index contributed by atoms with van der Waals surface area (Å²) in [5.41, 5.74) is 1.66. The molecule has 4 rings (SSSR count). The van der Waals surface area contributed by atoms with Gasteiger partial charge in [0.2, 0.25) is 5.91 Å². The van der Waals surface area contributed by atoms with Gasteiger partial charge >= 0.3 is 18.0 Å². The number of urea groups is 1. The summed E-state index contributed by atoms with van der Waals surface area (Å²) in [4.78, 5) is 42.1. The number of hydrogen-bond acceptors (Lipinski definition) is 8. The number of ether oxygens (including phenoxy) is 1. The minimum absolute atomic E-state index is 0.0905. The first-order valence-corrected chi connectivity index (χ1v) is 13.5. The van der Waals surface area contributed by atoms with Crippen molar-refractivity contribution in [2.75, 3.05) is 32.1 Å². The maximum Gasteiger partial charge on any atom is 0.360 e. The molecular formula is C29H36N5O7+. The highest BCUT2D eigenvalue weighted by atomic mass is 16.5. The zero-order valence-corrected chi connectivity index (χ0v) is 23.1. The number of hydrogen-bond donors (Lipinski definition) is 5. The van der Waals surface area contributed by atoms with E-state index in [4.69, 9.17) is 9.15 Å². The molecule has 2 aromatic carbocycles. The molecule has 0 aliphatic carbocycles.